The molecule has 198 valence electrons. The van der Waals surface area contributed by atoms with Gasteiger partial charge in [0.15, 0.2) is 0 Å². The topological polar surface area (TPSA) is 150 Å². The van der Waals surface area contributed by atoms with Gasteiger partial charge in [-0.1, -0.05) is 0 Å². The number of carbonyl (C=O) groups excluding carboxylic acids is 2. The van der Waals surface area contributed by atoms with Gasteiger partial charge in [0.25, 0.3) is 0 Å². The Morgan fingerprint density at radius 3 is 2.11 bits per heavy atom. The lowest BCUT2D eigenvalue weighted by Gasteiger charge is -2.22. The monoisotopic (exact) mass is 535 g/mol. The number of hydrogen-bond acceptors (Lipinski definition) is 12. The molecule has 0 radical (unpaired) electrons. The third kappa shape index (κ3) is 9.25. The average molecular weight is 536 g/mol. The van der Waals surface area contributed by atoms with Crippen molar-refractivity contribution in [1.82, 2.24) is 9.55 Å². The van der Waals surface area contributed by atoms with Gasteiger partial charge in [0, 0.05) is 6.20 Å². The summed E-state index contributed by atoms with van der Waals surface area (Å²) in [5.74, 6) is -0.836. The zero-order chi connectivity index (χ0) is 26.4. The molecule has 2 rings (SSSR count). The van der Waals surface area contributed by atoms with Crippen LogP contribution in [0.4, 0.5) is 5.82 Å². The normalized spacial score (nSPS) is 18.9. The summed E-state index contributed by atoms with van der Waals surface area (Å²) in [5.41, 5.74) is 4.06. The Kier molecular flexibility index (Phi) is 9.97. The van der Waals surface area contributed by atoms with Gasteiger partial charge in [-0.15, -0.1) is 0 Å². The third-order valence-corrected chi connectivity index (χ3v) is 6.30. The summed E-state index contributed by atoms with van der Waals surface area (Å²) in [6.07, 6.45) is 1.99. The van der Waals surface area contributed by atoms with Crippen LogP contribution in [0.1, 0.15) is 60.6 Å². The minimum atomic E-state index is -4.29. The number of hydrogen-bond donors (Lipinski definition) is 1. The van der Waals surface area contributed by atoms with Crippen molar-refractivity contribution in [2.24, 2.45) is 10.8 Å². The Bertz CT molecular complexity index is 967. The number of esters is 2. The summed E-state index contributed by atoms with van der Waals surface area (Å²) in [7, 11) is -4.29. The van der Waals surface area contributed by atoms with Gasteiger partial charge in [-0.2, -0.15) is 0 Å². The number of nitrogen functional groups attached to an aromatic ring is 1. The Labute approximate surface area is 210 Å². The zero-order valence-corrected chi connectivity index (χ0v) is 22.6. The van der Waals surface area contributed by atoms with Crippen LogP contribution in [0.2, 0.25) is 0 Å². The van der Waals surface area contributed by atoms with E-state index < -0.39 is 56.5 Å². The quantitative estimate of drug-likeness (QED) is 0.199. The number of ether oxygens (including phenoxy) is 3. The van der Waals surface area contributed by atoms with Crippen LogP contribution in [0.3, 0.4) is 0 Å². The molecule has 1 aliphatic heterocycles. The van der Waals surface area contributed by atoms with Crippen LogP contribution in [-0.2, 0) is 41.9 Å². The lowest BCUT2D eigenvalue weighted by Crippen LogP contribution is -2.25. The van der Waals surface area contributed by atoms with Crippen molar-refractivity contribution in [1.29, 1.82) is 0 Å². The first-order chi connectivity index (χ1) is 16.1. The van der Waals surface area contributed by atoms with Crippen molar-refractivity contribution in [3.05, 3.63) is 17.0 Å². The van der Waals surface area contributed by atoms with Crippen LogP contribution < -0.4 is 5.73 Å². The number of carbonyl (C=O) groups is 2. The first kappa shape index (κ1) is 29.3. The lowest BCUT2D eigenvalue weighted by atomic mass is 9.98. The van der Waals surface area contributed by atoms with Crippen molar-refractivity contribution in [3.63, 3.8) is 0 Å². The number of phosphoric acid groups is 1. The highest BCUT2D eigenvalue weighted by molar-refractivity contribution is 7.71. The van der Waals surface area contributed by atoms with Crippen LogP contribution in [0.25, 0.3) is 0 Å². The number of nitrogens with two attached hydrogens (primary N) is 1. The molecule has 2 atom stereocenters. The van der Waals surface area contributed by atoms with E-state index >= 15 is 0 Å². The Hall–Kier alpha value is -1.89. The van der Waals surface area contributed by atoms with E-state index in [1.165, 1.54) is 0 Å². The molecule has 2 unspecified atom stereocenters. The van der Waals surface area contributed by atoms with Crippen LogP contribution in [0.15, 0.2) is 12.3 Å². The van der Waals surface area contributed by atoms with Gasteiger partial charge in [0.2, 0.25) is 18.4 Å². The zero-order valence-electron chi connectivity index (χ0n) is 20.8. The average Bonchev–Trinajstić information content (AvgIpc) is 3.19. The second-order valence-electron chi connectivity index (χ2n) is 9.93. The van der Waals surface area contributed by atoms with E-state index in [-0.39, 0.29) is 11.4 Å². The molecule has 0 saturated carbocycles. The summed E-state index contributed by atoms with van der Waals surface area (Å²) in [4.78, 5) is 28.0. The Morgan fingerprint density at radius 2 is 1.63 bits per heavy atom. The van der Waals surface area contributed by atoms with E-state index in [2.05, 4.69) is 4.98 Å². The molecule has 0 aromatic carbocycles. The van der Waals surface area contributed by atoms with Gasteiger partial charge in [0.05, 0.1) is 23.5 Å². The Morgan fingerprint density at radius 1 is 1.09 bits per heavy atom. The summed E-state index contributed by atoms with van der Waals surface area (Å²) >= 11 is 5.22. The molecule has 35 heavy (non-hydrogen) atoms. The Balaban J connectivity index is 1.97. The molecule has 0 spiro atoms. The predicted octanol–water partition coefficient (Wildman–Crippen LogP) is 4.12. The molecule has 1 aromatic rings. The van der Waals surface area contributed by atoms with Crippen molar-refractivity contribution < 1.29 is 41.9 Å². The van der Waals surface area contributed by atoms with Gasteiger partial charge in [0.1, 0.15) is 12.0 Å². The van der Waals surface area contributed by atoms with E-state index in [0.717, 1.165) is 0 Å². The fourth-order valence-electron chi connectivity index (χ4n) is 2.67. The number of rotatable bonds is 10. The molecule has 1 aromatic heterocycles. The second kappa shape index (κ2) is 11.9. The second-order valence-corrected chi connectivity index (χ2v) is 12.0. The van der Waals surface area contributed by atoms with Crippen LogP contribution in [-0.4, -0.2) is 47.8 Å². The maximum Gasteiger partial charge on any atom is 0.480 e. The molecule has 12 nitrogen and oxygen atoms in total. The number of aromatic nitrogens is 2. The molecule has 2 heterocycles. The van der Waals surface area contributed by atoms with Gasteiger partial charge >= 0.3 is 19.8 Å². The molecule has 1 fully saturated rings. The number of nitrogens with zero attached hydrogens (tertiary/aromatic N) is 2. The lowest BCUT2D eigenvalue weighted by molar-refractivity contribution is -0.163. The third-order valence-electron chi connectivity index (χ3n) is 4.69. The number of phosphoric ester groups is 1. The molecular weight excluding hydrogens is 501 g/mol. The van der Waals surface area contributed by atoms with Crippen molar-refractivity contribution in [3.8, 4) is 0 Å². The molecular formula is C21H34N3O9PS. The highest BCUT2D eigenvalue weighted by Crippen LogP contribution is 2.50. The summed E-state index contributed by atoms with van der Waals surface area (Å²) in [6.45, 7) is 8.42. The molecule has 0 bridgehead atoms. The van der Waals surface area contributed by atoms with Gasteiger partial charge in [-0.25, -0.2) is 18.6 Å². The fraction of sp³-hybridized carbons (Fsp3) is 0.714. The summed E-state index contributed by atoms with van der Waals surface area (Å²) in [5, 5.41) is 0. The SMILES string of the molecule is CC(C)(C)C(=O)OCOP(=O)(OCOC(=O)C(C)(C)C)OCC1CCC(n2ccc(N)nc2=S)O1. The van der Waals surface area contributed by atoms with Crippen LogP contribution in [0, 0.1) is 15.6 Å². The van der Waals surface area contributed by atoms with Crippen molar-refractivity contribution in [2.75, 3.05) is 25.9 Å². The maximum absolute atomic E-state index is 13.1. The highest BCUT2D eigenvalue weighted by Gasteiger charge is 2.34. The molecule has 0 amide bonds. The van der Waals surface area contributed by atoms with E-state index in [4.69, 9.17) is 45.7 Å². The first-order valence-electron chi connectivity index (χ1n) is 11.0. The highest BCUT2D eigenvalue weighted by atomic mass is 32.1. The smallest absolute Gasteiger partial charge is 0.437 e. The fourth-order valence-corrected chi connectivity index (χ4v) is 3.89. The molecule has 1 aliphatic rings. The van der Waals surface area contributed by atoms with Gasteiger partial charge in [-0.05, 0) is 72.7 Å². The van der Waals surface area contributed by atoms with Crippen LogP contribution >= 0.6 is 20.0 Å². The standard InChI is InChI=1S/C21H34N3O9PS/c1-20(2,3)17(25)28-12-31-34(27,32-13-29-18(26)21(4,5)6)30-11-14-7-8-16(33-14)24-10-9-15(22)23-19(24)35/h9-10,14,16H,7-8,11-13H2,1-6H3,(H2,22,23,35). The number of anilines is 1. The largest absolute Gasteiger partial charge is 0.480 e. The van der Waals surface area contributed by atoms with Gasteiger partial charge < -0.3 is 19.9 Å². The van der Waals surface area contributed by atoms with Gasteiger partial charge in [-0.3, -0.25) is 18.7 Å². The first-order valence-corrected chi connectivity index (χ1v) is 12.9. The minimum absolute atomic E-state index is 0.163. The van der Waals surface area contributed by atoms with E-state index in [9.17, 15) is 14.2 Å². The maximum atomic E-state index is 13.1. The summed E-state index contributed by atoms with van der Waals surface area (Å²) < 4.78 is 46.7. The van der Waals surface area contributed by atoms with E-state index in [1.807, 2.05) is 0 Å². The molecule has 14 heteroatoms. The summed E-state index contributed by atoms with van der Waals surface area (Å²) in [6, 6.07) is 1.61. The predicted molar refractivity (Wildman–Crippen MR) is 127 cm³/mol. The van der Waals surface area contributed by atoms with E-state index in [0.29, 0.717) is 18.7 Å². The minimum Gasteiger partial charge on any atom is -0.437 e. The van der Waals surface area contributed by atoms with E-state index in [1.54, 1.807) is 58.4 Å². The van der Waals surface area contributed by atoms with Crippen LogP contribution in [0.5, 0.6) is 0 Å². The molecule has 0 aliphatic carbocycles. The van der Waals surface area contributed by atoms with Crippen molar-refractivity contribution in [2.45, 2.75) is 66.7 Å². The van der Waals surface area contributed by atoms with Crippen molar-refractivity contribution >= 4 is 37.8 Å². The molecule has 2 N–H and O–H groups in total. The molecule has 1 saturated heterocycles.